The van der Waals surface area contributed by atoms with Crippen molar-refractivity contribution in [2.24, 2.45) is 5.92 Å². The van der Waals surface area contributed by atoms with E-state index in [0.717, 1.165) is 25.6 Å². The molecule has 0 atom stereocenters. The maximum atomic E-state index is 11.2. The number of rotatable bonds is 6. The summed E-state index contributed by atoms with van der Waals surface area (Å²) in [5.74, 6) is 0.863. The van der Waals surface area contributed by atoms with E-state index in [9.17, 15) is 4.79 Å². The molecule has 94 valence electrons. The van der Waals surface area contributed by atoms with Crippen molar-refractivity contribution in [1.29, 1.82) is 0 Å². The van der Waals surface area contributed by atoms with E-state index < -0.39 is 0 Å². The lowest BCUT2D eigenvalue weighted by atomic mass is 9.92. The van der Waals surface area contributed by atoms with Gasteiger partial charge in [0.1, 0.15) is 0 Å². The summed E-state index contributed by atoms with van der Waals surface area (Å²) in [4.78, 5) is 13.6. The van der Waals surface area contributed by atoms with Crippen LogP contribution in [0.3, 0.4) is 0 Å². The highest BCUT2D eigenvalue weighted by Gasteiger charge is 2.18. The van der Waals surface area contributed by atoms with E-state index in [-0.39, 0.29) is 5.97 Å². The van der Waals surface area contributed by atoms with Crippen LogP contribution in [-0.2, 0) is 9.53 Å². The van der Waals surface area contributed by atoms with Crippen molar-refractivity contribution in [3.05, 3.63) is 0 Å². The summed E-state index contributed by atoms with van der Waals surface area (Å²) in [5, 5.41) is 0. The minimum atomic E-state index is -0.0572. The second-order valence-corrected chi connectivity index (χ2v) is 4.63. The Balaban J connectivity index is 2.10. The molecule has 1 aliphatic heterocycles. The molecule has 1 heterocycles. The van der Waals surface area contributed by atoms with Gasteiger partial charge in [0.15, 0.2) is 0 Å². The number of hydrogen-bond donors (Lipinski definition) is 0. The van der Waals surface area contributed by atoms with Crippen LogP contribution in [0.15, 0.2) is 0 Å². The molecule has 1 saturated heterocycles. The molecule has 3 heteroatoms. The summed E-state index contributed by atoms with van der Waals surface area (Å²) in [6.45, 7) is 7.80. The highest BCUT2D eigenvalue weighted by molar-refractivity contribution is 5.69. The van der Waals surface area contributed by atoms with Crippen LogP contribution < -0.4 is 0 Å². The number of esters is 1. The van der Waals surface area contributed by atoms with Crippen LogP contribution in [0, 0.1) is 5.92 Å². The zero-order valence-corrected chi connectivity index (χ0v) is 10.7. The lowest BCUT2D eigenvalue weighted by Gasteiger charge is -2.31. The number of hydrogen-bond acceptors (Lipinski definition) is 3. The van der Waals surface area contributed by atoms with E-state index in [4.69, 9.17) is 4.74 Å². The molecule has 0 aromatic rings. The third kappa shape index (κ3) is 4.97. The Hall–Kier alpha value is -0.570. The van der Waals surface area contributed by atoms with Gasteiger partial charge in [0, 0.05) is 6.54 Å². The molecule has 1 aliphatic rings. The zero-order valence-electron chi connectivity index (χ0n) is 10.7. The molecule has 0 N–H and O–H groups in total. The molecule has 0 bridgehead atoms. The van der Waals surface area contributed by atoms with E-state index in [1.807, 2.05) is 6.92 Å². The number of likely N-dealkylation sites (tertiary alicyclic amines) is 1. The predicted octanol–water partition coefficient (Wildman–Crippen LogP) is 2.45. The van der Waals surface area contributed by atoms with Gasteiger partial charge in [0.25, 0.3) is 0 Å². The largest absolute Gasteiger partial charge is 0.466 e. The maximum absolute atomic E-state index is 11.2. The molecule has 0 radical (unpaired) electrons. The van der Waals surface area contributed by atoms with Crippen LogP contribution in [0.2, 0.25) is 0 Å². The smallest absolute Gasteiger partial charge is 0.307 e. The summed E-state index contributed by atoms with van der Waals surface area (Å²) in [6.07, 6.45) is 5.82. The van der Waals surface area contributed by atoms with Crippen molar-refractivity contribution in [1.82, 2.24) is 4.90 Å². The summed E-state index contributed by atoms with van der Waals surface area (Å²) in [5.41, 5.74) is 0. The Labute approximate surface area is 99.1 Å². The Kier molecular flexibility index (Phi) is 6.46. The monoisotopic (exact) mass is 227 g/mol. The molecular formula is C13H25NO2. The molecule has 16 heavy (non-hydrogen) atoms. The van der Waals surface area contributed by atoms with Crippen LogP contribution in [0.5, 0.6) is 0 Å². The minimum absolute atomic E-state index is 0.0572. The van der Waals surface area contributed by atoms with Gasteiger partial charge < -0.3 is 9.64 Å². The molecule has 1 fully saturated rings. The molecule has 0 unspecified atom stereocenters. The zero-order chi connectivity index (χ0) is 11.8. The van der Waals surface area contributed by atoms with Gasteiger partial charge in [0.05, 0.1) is 13.0 Å². The van der Waals surface area contributed by atoms with Crippen molar-refractivity contribution < 1.29 is 9.53 Å². The first kappa shape index (κ1) is 13.5. The fraction of sp³-hybridized carbons (Fsp3) is 0.923. The molecule has 0 aromatic carbocycles. The summed E-state index contributed by atoms with van der Waals surface area (Å²) >= 11 is 0. The minimum Gasteiger partial charge on any atom is -0.466 e. The number of piperidine rings is 1. The molecule has 0 amide bonds. The molecular weight excluding hydrogens is 202 g/mol. The van der Waals surface area contributed by atoms with E-state index >= 15 is 0 Å². The average molecular weight is 227 g/mol. The van der Waals surface area contributed by atoms with Gasteiger partial charge in [0.2, 0.25) is 0 Å². The SMILES string of the molecule is CCCC1CCN(CCC(=O)OCC)CC1. The summed E-state index contributed by atoms with van der Waals surface area (Å²) in [6, 6.07) is 0. The van der Waals surface area contributed by atoms with Gasteiger partial charge in [-0.25, -0.2) is 0 Å². The van der Waals surface area contributed by atoms with E-state index in [0.29, 0.717) is 13.0 Å². The molecule has 0 aromatic heterocycles. The van der Waals surface area contributed by atoms with Crippen LogP contribution >= 0.6 is 0 Å². The van der Waals surface area contributed by atoms with Gasteiger partial charge in [-0.1, -0.05) is 19.8 Å². The van der Waals surface area contributed by atoms with Gasteiger partial charge >= 0.3 is 5.97 Å². The molecule has 0 spiro atoms. The van der Waals surface area contributed by atoms with Crippen molar-refractivity contribution in [3.8, 4) is 0 Å². The topological polar surface area (TPSA) is 29.5 Å². The Morgan fingerprint density at radius 3 is 2.56 bits per heavy atom. The van der Waals surface area contributed by atoms with Crippen molar-refractivity contribution >= 4 is 5.97 Å². The Bertz CT molecular complexity index is 198. The van der Waals surface area contributed by atoms with Crippen molar-refractivity contribution in [2.75, 3.05) is 26.2 Å². The van der Waals surface area contributed by atoms with Gasteiger partial charge in [-0.15, -0.1) is 0 Å². The number of carbonyl (C=O) groups excluding carboxylic acids is 1. The first-order chi connectivity index (χ1) is 7.76. The maximum Gasteiger partial charge on any atom is 0.307 e. The Morgan fingerprint density at radius 2 is 2.00 bits per heavy atom. The fourth-order valence-electron chi connectivity index (χ4n) is 2.39. The van der Waals surface area contributed by atoms with E-state index in [2.05, 4.69) is 11.8 Å². The van der Waals surface area contributed by atoms with Crippen LogP contribution in [-0.4, -0.2) is 37.1 Å². The first-order valence-electron chi connectivity index (χ1n) is 6.64. The quantitative estimate of drug-likeness (QED) is 0.653. The second-order valence-electron chi connectivity index (χ2n) is 4.63. The Morgan fingerprint density at radius 1 is 1.31 bits per heavy atom. The molecule has 1 rings (SSSR count). The predicted molar refractivity (Wildman–Crippen MR) is 65.3 cm³/mol. The van der Waals surface area contributed by atoms with Crippen molar-refractivity contribution in [2.45, 2.75) is 46.0 Å². The molecule has 0 aliphatic carbocycles. The molecule has 3 nitrogen and oxygen atoms in total. The lowest BCUT2D eigenvalue weighted by Crippen LogP contribution is -2.35. The normalized spacial score (nSPS) is 18.6. The van der Waals surface area contributed by atoms with Crippen LogP contribution in [0.4, 0.5) is 0 Å². The van der Waals surface area contributed by atoms with Gasteiger partial charge in [-0.05, 0) is 38.8 Å². The second kappa shape index (κ2) is 7.66. The third-order valence-corrected chi connectivity index (χ3v) is 3.34. The van der Waals surface area contributed by atoms with Crippen LogP contribution in [0.1, 0.15) is 46.0 Å². The highest BCUT2D eigenvalue weighted by Crippen LogP contribution is 2.21. The lowest BCUT2D eigenvalue weighted by molar-refractivity contribution is -0.143. The highest BCUT2D eigenvalue weighted by atomic mass is 16.5. The fourth-order valence-corrected chi connectivity index (χ4v) is 2.39. The number of ether oxygens (including phenoxy) is 1. The average Bonchev–Trinajstić information content (AvgIpc) is 2.29. The van der Waals surface area contributed by atoms with Crippen molar-refractivity contribution in [3.63, 3.8) is 0 Å². The molecule has 0 saturated carbocycles. The summed E-state index contributed by atoms with van der Waals surface area (Å²) in [7, 11) is 0. The standard InChI is InChI=1S/C13H25NO2/c1-3-5-12-6-9-14(10-7-12)11-8-13(15)16-4-2/h12H,3-11H2,1-2H3. The van der Waals surface area contributed by atoms with Crippen LogP contribution in [0.25, 0.3) is 0 Å². The van der Waals surface area contributed by atoms with E-state index in [1.54, 1.807) is 0 Å². The number of carbonyl (C=O) groups is 1. The summed E-state index contributed by atoms with van der Waals surface area (Å²) < 4.78 is 4.93. The van der Waals surface area contributed by atoms with Gasteiger partial charge in [-0.3, -0.25) is 4.79 Å². The van der Waals surface area contributed by atoms with Gasteiger partial charge in [-0.2, -0.15) is 0 Å². The number of nitrogens with zero attached hydrogens (tertiary/aromatic N) is 1. The van der Waals surface area contributed by atoms with E-state index in [1.165, 1.54) is 25.7 Å². The first-order valence-corrected chi connectivity index (χ1v) is 6.64. The third-order valence-electron chi connectivity index (χ3n) is 3.34.